The van der Waals surface area contributed by atoms with Crippen molar-refractivity contribution in [3.63, 3.8) is 0 Å². The van der Waals surface area contributed by atoms with E-state index >= 15 is 0 Å². The lowest BCUT2D eigenvalue weighted by atomic mass is 10.0. The quantitative estimate of drug-likeness (QED) is 0.227. The molecule has 4 amide bonds. The van der Waals surface area contributed by atoms with Gasteiger partial charge in [-0.1, -0.05) is 30.7 Å². The third kappa shape index (κ3) is 9.54. The number of fused-ring (bicyclic) bond motifs is 3. The lowest BCUT2D eigenvalue weighted by Crippen LogP contribution is -2.57. The molecule has 2 aliphatic heterocycles. The van der Waals surface area contributed by atoms with Crippen LogP contribution in [0, 0.1) is 12.8 Å². The van der Waals surface area contributed by atoms with E-state index in [0.717, 1.165) is 15.3 Å². The molecule has 1 saturated carbocycles. The Kier molecular flexibility index (Phi) is 12.8. The zero-order valence-corrected chi connectivity index (χ0v) is 31.4. The fourth-order valence-corrected chi connectivity index (χ4v) is 7.32. The fraction of sp³-hybridized carbons (Fsp3) is 0.583. The average Bonchev–Trinajstić information content (AvgIpc) is 3.63. The summed E-state index contributed by atoms with van der Waals surface area (Å²) < 4.78 is 58.2. The Labute approximate surface area is 309 Å². The van der Waals surface area contributed by atoms with Crippen LogP contribution in [0.4, 0.5) is 9.18 Å². The number of alkyl carbamates (subject to hydrolysis) is 1. The third-order valence-corrected chi connectivity index (χ3v) is 11.1. The van der Waals surface area contributed by atoms with Crippen LogP contribution in [0.5, 0.6) is 11.6 Å². The minimum atomic E-state index is -4.17. The normalized spacial score (nSPS) is 25.7. The van der Waals surface area contributed by atoms with Crippen LogP contribution in [0.1, 0.15) is 63.9 Å². The molecular formula is C36H49FN6O9S. The molecule has 3 N–H and O–H groups in total. The molecule has 17 heteroatoms. The lowest BCUT2D eigenvalue weighted by Gasteiger charge is -2.28. The number of aryl methyl sites for hydroxylation is 1. The minimum Gasteiger partial charge on any atom is -0.488 e. The van der Waals surface area contributed by atoms with E-state index in [0.29, 0.717) is 49.4 Å². The second-order valence-electron chi connectivity index (χ2n) is 13.8. The van der Waals surface area contributed by atoms with E-state index in [1.807, 2.05) is 38.1 Å². The number of hydrogen-bond acceptors (Lipinski definition) is 10. The molecule has 0 unspecified atom stereocenters. The molecule has 15 nitrogen and oxygen atoms in total. The molecule has 53 heavy (non-hydrogen) atoms. The maximum Gasteiger partial charge on any atom is 0.407 e. The Morgan fingerprint density at radius 2 is 2.00 bits per heavy atom. The zero-order chi connectivity index (χ0) is 38.3. The van der Waals surface area contributed by atoms with Crippen molar-refractivity contribution in [2.45, 2.75) is 88.9 Å². The number of amides is 4. The highest BCUT2D eigenvalue weighted by Gasteiger charge is 2.61. The smallest absolute Gasteiger partial charge is 0.407 e. The Morgan fingerprint density at radius 1 is 1.21 bits per heavy atom. The number of alkyl halides is 1. The molecule has 1 aliphatic carbocycles. The second-order valence-corrected chi connectivity index (χ2v) is 15.7. The monoisotopic (exact) mass is 760 g/mol. The highest BCUT2D eigenvalue weighted by Crippen LogP contribution is 2.46. The summed E-state index contributed by atoms with van der Waals surface area (Å²) in [6, 6.07) is 5.59. The summed E-state index contributed by atoms with van der Waals surface area (Å²) in [4.78, 5) is 60.6. The van der Waals surface area contributed by atoms with Crippen LogP contribution in [0.2, 0.25) is 0 Å². The number of hydrogen-bond donors (Lipinski definition) is 3. The van der Waals surface area contributed by atoms with Crippen molar-refractivity contribution in [1.29, 1.82) is 0 Å². The molecule has 3 heterocycles. The first-order chi connectivity index (χ1) is 25.3. The van der Waals surface area contributed by atoms with E-state index in [1.165, 1.54) is 19.0 Å². The van der Waals surface area contributed by atoms with E-state index < -0.39 is 70.3 Å². The van der Waals surface area contributed by atoms with Gasteiger partial charge < -0.3 is 29.7 Å². The maximum atomic E-state index is 14.3. The van der Waals surface area contributed by atoms with Crippen LogP contribution in [0.25, 0.3) is 10.9 Å². The van der Waals surface area contributed by atoms with Gasteiger partial charge in [-0.3, -0.25) is 18.8 Å². The summed E-state index contributed by atoms with van der Waals surface area (Å²) in [7, 11) is -1.60. The predicted molar refractivity (Wildman–Crippen MR) is 193 cm³/mol. The van der Waals surface area contributed by atoms with Crippen LogP contribution in [-0.2, 0) is 29.3 Å². The molecular weight excluding hydrogens is 711 g/mol. The number of nitrogens with zero attached hydrogens (tertiary/aromatic N) is 3. The molecule has 2 fully saturated rings. The maximum absolute atomic E-state index is 14.3. The summed E-state index contributed by atoms with van der Waals surface area (Å²) in [5.74, 6) is -1.64. The number of halogens is 1. The first kappa shape index (κ1) is 39.7. The number of allylic oxidation sites excluding steroid dienone is 1. The number of nitrogens with one attached hydrogen (secondary N) is 3. The van der Waals surface area contributed by atoms with Crippen molar-refractivity contribution < 1.29 is 46.2 Å². The van der Waals surface area contributed by atoms with Gasteiger partial charge in [-0.25, -0.2) is 14.5 Å². The van der Waals surface area contributed by atoms with E-state index in [-0.39, 0.29) is 38.8 Å². The van der Waals surface area contributed by atoms with Gasteiger partial charge in [-0.15, -0.1) is 0 Å². The van der Waals surface area contributed by atoms with E-state index in [1.54, 1.807) is 12.1 Å². The van der Waals surface area contributed by atoms with Crippen molar-refractivity contribution >= 4 is 44.9 Å². The van der Waals surface area contributed by atoms with Crippen LogP contribution >= 0.6 is 0 Å². The number of ether oxygens (including phenoxy) is 3. The zero-order valence-electron chi connectivity index (χ0n) is 30.6. The van der Waals surface area contributed by atoms with Gasteiger partial charge in [0.1, 0.15) is 23.4 Å². The van der Waals surface area contributed by atoms with Crippen molar-refractivity contribution in [3.8, 4) is 11.6 Å². The van der Waals surface area contributed by atoms with E-state index in [4.69, 9.17) is 14.2 Å². The van der Waals surface area contributed by atoms with Crippen molar-refractivity contribution in [1.82, 2.24) is 29.5 Å². The van der Waals surface area contributed by atoms with Gasteiger partial charge in [0.05, 0.1) is 31.9 Å². The van der Waals surface area contributed by atoms with E-state index in [9.17, 15) is 32.0 Å². The van der Waals surface area contributed by atoms with Gasteiger partial charge in [0.2, 0.25) is 17.7 Å². The van der Waals surface area contributed by atoms with Crippen LogP contribution in [0.15, 0.2) is 36.4 Å². The third-order valence-electron chi connectivity index (χ3n) is 9.72. The number of aromatic nitrogens is 1. The summed E-state index contributed by atoms with van der Waals surface area (Å²) in [6.07, 6.45) is 4.72. The minimum absolute atomic E-state index is 0.00171. The molecule has 0 spiro atoms. The molecule has 5 atom stereocenters. The summed E-state index contributed by atoms with van der Waals surface area (Å²) in [5, 5.41) is 6.28. The van der Waals surface area contributed by atoms with Crippen molar-refractivity contribution in [3.05, 3.63) is 42.0 Å². The Morgan fingerprint density at radius 3 is 2.74 bits per heavy atom. The summed E-state index contributed by atoms with van der Waals surface area (Å²) in [6.45, 7) is 3.38. The highest BCUT2D eigenvalue weighted by atomic mass is 32.2. The Bertz CT molecular complexity index is 1830. The number of carbonyl (C=O) groups excluding carboxylic acids is 4. The van der Waals surface area contributed by atoms with Crippen molar-refractivity contribution in [2.75, 3.05) is 40.5 Å². The van der Waals surface area contributed by atoms with Gasteiger partial charge in [0, 0.05) is 56.8 Å². The average molecular weight is 761 g/mol. The topological polar surface area (TPSA) is 186 Å². The first-order valence-electron chi connectivity index (χ1n) is 18.0. The fourth-order valence-electron chi connectivity index (χ4n) is 6.72. The standard InChI is InChI=1S/C36H49FN6O9S/c1-5-50-30-20-29(27-15-10-12-23(2)32(27)39-30)52-26-19-28-33(45)40-36(34(46)41-53(48,49)42(3)4)21-24(36)13-8-6-7-9-14-25(18-31(44)43(28)22-26)38-35(47)51-17-11-16-37/h8,10,12-13,15,20,24-26,28H,5-7,9,11,14,16-19,21-22H2,1-4H3,(H,38,47)(H,40,45)(H,41,46)/b13-8-/t24-,25+,26-,28+,36-/m1/s1. The number of para-hydroxylation sites is 1. The molecule has 3 aliphatic rings. The number of carbonyl (C=O) groups is 4. The van der Waals surface area contributed by atoms with Gasteiger partial charge >= 0.3 is 16.3 Å². The summed E-state index contributed by atoms with van der Waals surface area (Å²) >= 11 is 0. The number of pyridine rings is 1. The molecule has 2 aromatic rings. The molecule has 0 bridgehead atoms. The molecule has 1 aromatic carbocycles. The van der Waals surface area contributed by atoms with Gasteiger partial charge in [-0.2, -0.15) is 12.7 Å². The second kappa shape index (κ2) is 17.1. The molecule has 1 saturated heterocycles. The van der Waals surface area contributed by atoms with Gasteiger partial charge in [0.25, 0.3) is 5.91 Å². The van der Waals surface area contributed by atoms with Crippen LogP contribution < -0.4 is 24.8 Å². The van der Waals surface area contributed by atoms with Gasteiger partial charge in [0.15, 0.2) is 0 Å². The SMILES string of the molecule is CCOc1cc(O[C@@H]2C[C@H]3C(=O)N[C@]4(C(=O)NS(=O)(=O)N(C)C)C[C@H]4/C=C\CCCC[C@H](NC(=O)OCCCF)CC(=O)N3C2)c2cccc(C)c2n1. The predicted octanol–water partition coefficient (Wildman–Crippen LogP) is 3.06. The first-order valence-corrected chi connectivity index (χ1v) is 19.4. The largest absolute Gasteiger partial charge is 0.488 e. The Hall–Kier alpha value is -4.51. The van der Waals surface area contributed by atoms with Gasteiger partial charge in [-0.05, 0) is 51.2 Å². The van der Waals surface area contributed by atoms with Crippen LogP contribution in [-0.4, -0.2) is 111 Å². The number of benzene rings is 1. The van der Waals surface area contributed by atoms with Crippen molar-refractivity contribution in [2.24, 2.45) is 5.92 Å². The lowest BCUT2D eigenvalue weighted by molar-refractivity contribution is -0.140. The molecule has 0 radical (unpaired) electrons. The molecule has 5 rings (SSSR count). The van der Waals surface area contributed by atoms with Crippen LogP contribution in [0.3, 0.4) is 0 Å². The number of rotatable bonds is 11. The Balaban J connectivity index is 1.46. The highest BCUT2D eigenvalue weighted by molar-refractivity contribution is 7.87. The molecule has 1 aromatic heterocycles. The summed E-state index contributed by atoms with van der Waals surface area (Å²) in [5.41, 5.74) is 0.0245. The molecule has 290 valence electrons. The van der Waals surface area contributed by atoms with E-state index in [2.05, 4.69) is 20.3 Å².